The molecular weight excluding hydrogens is 244 g/mol. The van der Waals surface area contributed by atoms with Crippen molar-refractivity contribution in [1.82, 2.24) is 0 Å². The van der Waals surface area contributed by atoms with E-state index in [1.165, 1.54) is 11.1 Å². The molecule has 2 aromatic rings. The fourth-order valence-corrected chi connectivity index (χ4v) is 2.78. The van der Waals surface area contributed by atoms with Crippen molar-refractivity contribution >= 4 is 0 Å². The van der Waals surface area contributed by atoms with Crippen molar-refractivity contribution in [3.63, 3.8) is 0 Å². The van der Waals surface area contributed by atoms with Crippen LogP contribution in [-0.2, 0) is 0 Å². The molecule has 0 aliphatic rings. The molecule has 106 valence electrons. The van der Waals surface area contributed by atoms with Crippen LogP contribution in [0.15, 0.2) is 60.7 Å². The summed E-state index contributed by atoms with van der Waals surface area (Å²) in [7, 11) is 0. The molecule has 0 aromatic heterocycles. The maximum Gasteiger partial charge on any atom is -0.000802 e. The summed E-state index contributed by atoms with van der Waals surface area (Å²) in [6.07, 6.45) is 2.06. The molecule has 0 bridgehead atoms. The van der Waals surface area contributed by atoms with Gasteiger partial charge in [-0.15, -0.1) is 0 Å². The Bertz CT molecular complexity index is 481. The summed E-state index contributed by atoms with van der Waals surface area (Å²) in [6.45, 7) is 1.39. The molecule has 2 aromatic carbocycles. The lowest BCUT2D eigenvalue weighted by molar-refractivity contribution is 0.513. The zero-order valence-electron chi connectivity index (χ0n) is 11.9. The predicted octanol–water partition coefficient (Wildman–Crippen LogP) is 3.25. The van der Waals surface area contributed by atoms with Gasteiger partial charge in [-0.25, -0.2) is 0 Å². The SMILES string of the molecule is NCCC(CC(CN)c1ccccc1)c1ccccc1. The van der Waals surface area contributed by atoms with Gasteiger partial charge in [-0.2, -0.15) is 0 Å². The predicted molar refractivity (Wildman–Crippen MR) is 85.7 cm³/mol. The minimum Gasteiger partial charge on any atom is -0.330 e. The van der Waals surface area contributed by atoms with Gasteiger partial charge in [0.2, 0.25) is 0 Å². The van der Waals surface area contributed by atoms with Crippen molar-refractivity contribution < 1.29 is 0 Å². The molecule has 0 saturated heterocycles. The van der Waals surface area contributed by atoms with Gasteiger partial charge >= 0.3 is 0 Å². The van der Waals surface area contributed by atoms with E-state index in [1.807, 2.05) is 6.07 Å². The lowest BCUT2D eigenvalue weighted by atomic mass is 9.83. The van der Waals surface area contributed by atoms with Gasteiger partial charge in [0.05, 0.1) is 0 Å². The Morgan fingerprint density at radius 3 is 1.65 bits per heavy atom. The van der Waals surface area contributed by atoms with Crippen molar-refractivity contribution in [2.75, 3.05) is 13.1 Å². The van der Waals surface area contributed by atoms with Crippen LogP contribution in [0.1, 0.15) is 35.8 Å². The number of benzene rings is 2. The summed E-state index contributed by atoms with van der Waals surface area (Å²) >= 11 is 0. The summed E-state index contributed by atoms with van der Waals surface area (Å²) in [5, 5.41) is 0. The summed E-state index contributed by atoms with van der Waals surface area (Å²) in [6, 6.07) is 21.2. The Labute approximate surface area is 121 Å². The van der Waals surface area contributed by atoms with Crippen molar-refractivity contribution in [1.29, 1.82) is 0 Å². The van der Waals surface area contributed by atoms with Gasteiger partial charge in [0, 0.05) is 0 Å². The lowest BCUT2D eigenvalue weighted by Gasteiger charge is -2.23. The van der Waals surface area contributed by atoms with Crippen LogP contribution in [0, 0.1) is 0 Å². The van der Waals surface area contributed by atoms with Crippen LogP contribution in [0.5, 0.6) is 0 Å². The van der Waals surface area contributed by atoms with Gasteiger partial charge in [0.25, 0.3) is 0 Å². The maximum atomic E-state index is 6.00. The average Bonchev–Trinajstić information content (AvgIpc) is 2.53. The second-order valence-electron chi connectivity index (χ2n) is 5.26. The van der Waals surface area contributed by atoms with E-state index in [0.717, 1.165) is 12.8 Å². The minimum atomic E-state index is 0.396. The van der Waals surface area contributed by atoms with E-state index in [-0.39, 0.29) is 0 Å². The molecule has 0 aliphatic carbocycles. The van der Waals surface area contributed by atoms with E-state index < -0.39 is 0 Å². The molecule has 2 unspecified atom stereocenters. The quantitative estimate of drug-likeness (QED) is 0.810. The van der Waals surface area contributed by atoms with Crippen LogP contribution >= 0.6 is 0 Å². The van der Waals surface area contributed by atoms with Gasteiger partial charge < -0.3 is 11.5 Å². The molecule has 2 heteroatoms. The third kappa shape index (κ3) is 3.92. The molecule has 0 fully saturated rings. The normalized spacial score (nSPS) is 13.9. The van der Waals surface area contributed by atoms with E-state index in [1.54, 1.807) is 0 Å². The number of nitrogens with two attached hydrogens (primary N) is 2. The Kier molecular flexibility index (Phi) is 5.78. The van der Waals surface area contributed by atoms with Crippen molar-refractivity contribution in [2.45, 2.75) is 24.7 Å². The Balaban J connectivity index is 2.14. The van der Waals surface area contributed by atoms with Crippen LogP contribution < -0.4 is 11.5 Å². The fourth-order valence-electron chi connectivity index (χ4n) is 2.78. The standard InChI is InChI=1S/C18H24N2/c19-12-11-17(15-7-3-1-4-8-15)13-18(14-20)16-9-5-2-6-10-16/h1-10,17-18H,11-14,19-20H2. The number of rotatable bonds is 7. The van der Waals surface area contributed by atoms with Crippen molar-refractivity contribution in [3.05, 3.63) is 71.8 Å². The lowest BCUT2D eigenvalue weighted by Crippen LogP contribution is -2.17. The molecule has 20 heavy (non-hydrogen) atoms. The molecule has 2 rings (SSSR count). The highest BCUT2D eigenvalue weighted by molar-refractivity contribution is 5.24. The first-order chi connectivity index (χ1) is 9.85. The Morgan fingerprint density at radius 2 is 1.20 bits per heavy atom. The van der Waals surface area contributed by atoms with E-state index in [0.29, 0.717) is 24.9 Å². The second-order valence-corrected chi connectivity index (χ2v) is 5.26. The summed E-state index contributed by atoms with van der Waals surface area (Å²) in [5.41, 5.74) is 14.5. The first kappa shape index (κ1) is 14.8. The van der Waals surface area contributed by atoms with Crippen molar-refractivity contribution in [2.24, 2.45) is 11.5 Å². The van der Waals surface area contributed by atoms with Gasteiger partial charge in [0.15, 0.2) is 0 Å². The zero-order valence-corrected chi connectivity index (χ0v) is 11.9. The third-order valence-electron chi connectivity index (χ3n) is 3.91. The summed E-state index contributed by atoms with van der Waals surface area (Å²) < 4.78 is 0. The number of hydrogen-bond acceptors (Lipinski definition) is 2. The van der Waals surface area contributed by atoms with Gasteiger partial charge in [-0.3, -0.25) is 0 Å². The molecule has 4 N–H and O–H groups in total. The highest BCUT2D eigenvalue weighted by Crippen LogP contribution is 2.31. The van der Waals surface area contributed by atoms with Crippen LogP contribution in [0.2, 0.25) is 0 Å². The largest absolute Gasteiger partial charge is 0.330 e. The van der Waals surface area contributed by atoms with Gasteiger partial charge in [0.1, 0.15) is 0 Å². The molecule has 2 atom stereocenters. The fraction of sp³-hybridized carbons (Fsp3) is 0.333. The first-order valence-corrected chi connectivity index (χ1v) is 7.35. The van der Waals surface area contributed by atoms with Crippen LogP contribution in [0.25, 0.3) is 0 Å². The van der Waals surface area contributed by atoms with Crippen LogP contribution in [0.4, 0.5) is 0 Å². The molecule has 0 spiro atoms. The molecule has 2 nitrogen and oxygen atoms in total. The Hall–Kier alpha value is -1.64. The summed E-state index contributed by atoms with van der Waals surface area (Å²) in [5.74, 6) is 0.878. The average molecular weight is 268 g/mol. The smallest absolute Gasteiger partial charge is 0.000802 e. The monoisotopic (exact) mass is 268 g/mol. The molecular formula is C18H24N2. The van der Waals surface area contributed by atoms with Crippen LogP contribution in [-0.4, -0.2) is 13.1 Å². The van der Waals surface area contributed by atoms with E-state index in [9.17, 15) is 0 Å². The highest BCUT2D eigenvalue weighted by atomic mass is 14.6. The van der Waals surface area contributed by atoms with E-state index >= 15 is 0 Å². The molecule has 0 aliphatic heterocycles. The second kappa shape index (κ2) is 7.83. The molecule has 0 heterocycles. The highest BCUT2D eigenvalue weighted by Gasteiger charge is 2.18. The first-order valence-electron chi connectivity index (χ1n) is 7.35. The van der Waals surface area contributed by atoms with Gasteiger partial charge in [-0.05, 0) is 48.9 Å². The zero-order chi connectivity index (χ0) is 14.2. The maximum absolute atomic E-state index is 6.00. The number of hydrogen-bond donors (Lipinski definition) is 2. The molecule has 0 saturated carbocycles. The van der Waals surface area contributed by atoms with Gasteiger partial charge in [-0.1, -0.05) is 60.7 Å². The van der Waals surface area contributed by atoms with Crippen LogP contribution in [0.3, 0.4) is 0 Å². The summed E-state index contributed by atoms with van der Waals surface area (Å²) in [4.78, 5) is 0. The molecule has 0 radical (unpaired) electrons. The molecule has 0 amide bonds. The van der Waals surface area contributed by atoms with E-state index in [4.69, 9.17) is 11.5 Å². The topological polar surface area (TPSA) is 52.0 Å². The van der Waals surface area contributed by atoms with Crippen molar-refractivity contribution in [3.8, 4) is 0 Å². The van der Waals surface area contributed by atoms with E-state index in [2.05, 4.69) is 54.6 Å². The Morgan fingerprint density at radius 1 is 0.700 bits per heavy atom. The third-order valence-corrected chi connectivity index (χ3v) is 3.91. The minimum absolute atomic E-state index is 0.396.